The number of amides is 1. The highest BCUT2D eigenvalue weighted by Crippen LogP contribution is 2.41. The summed E-state index contributed by atoms with van der Waals surface area (Å²) in [5.74, 6) is -1.63. The van der Waals surface area contributed by atoms with Crippen molar-refractivity contribution in [2.75, 3.05) is 62.8 Å². The van der Waals surface area contributed by atoms with Gasteiger partial charge in [0.1, 0.15) is 18.2 Å². The van der Waals surface area contributed by atoms with Crippen LogP contribution in [-0.2, 0) is 22.5 Å². The van der Waals surface area contributed by atoms with Gasteiger partial charge in [-0.3, -0.25) is 9.69 Å². The van der Waals surface area contributed by atoms with E-state index in [-0.39, 0.29) is 35.6 Å². The highest BCUT2D eigenvalue weighted by molar-refractivity contribution is 6.36. The van der Waals surface area contributed by atoms with Gasteiger partial charge in [-0.2, -0.15) is 15.2 Å². The van der Waals surface area contributed by atoms with Gasteiger partial charge >= 0.3 is 6.01 Å². The molecule has 4 aliphatic rings. The first-order chi connectivity index (χ1) is 23.2. The Morgan fingerprint density at radius 1 is 1.17 bits per heavy atom. The lowest BCUT2D eigenvalue weighted by Gasteiger charge is -2.42. The largest absolute Gasteiger partial charge is 0.461 e. The smallest absolute Gasteiger partial charge is 0.318 e. The van der Waals surface area contributed by atoms with Crippen LogP contribution in [0.2, 0.25) is 5.02 Å². The van der Waals surface area contributed by atoms with Gasteiger partial charge in [-0.05, 0) is 49.7 Å². The van der Waals surface area contributed by atoms with Crippen molar-refractivity contribution in [3.63, 3.8) is 0 Å². The van der Waals surface area contributed by atoms with Gasteiger partial charge in [0.05, 0.1) is 47.4 Å². The Morgan fingerprint density at radius 2 is 2.02 bits per heavy atom. The van der Waals surface area contributed by atoms with Gasteiger partial charge in [-0.1, -0.05) is 36.4 Å². The third-order valence-electron chi connectivity index (χ3n) is 10.5. The highest BCUT2D eigenvalue weighted by Gasteiger charge is 2.49. The molecule has 1 aromatic heterocycles. The molecule has 252 valence electrons. The number of methoxy groups -OCH3 is 1. The first kappa shape index (κ1) is 32.5. The fourth-order valence-corrected chi connectivity index (χ4v) is 8.32. The molecule has 3 atom stereocenters. The predicted molar refractivity (Wildman–Crippen MR) is 178 cm³/mol. The van der Waals surface area contributed by atoms with Crippen LogP contribution in [0.1, 0.15) is 36.9 Å². The molecule has 3 fully saturated rings. The molecule has 0 N–H and O–H groups in total. The van der Waals surface area contributed by atoms with Crippen LogP contribution in [0.3, 0.4) is 0 Å². The molecule has 2 unspecified atom stereocenters. The molecular formula is C35H38ClF2N7O3. The normalized spacial score (nSPS) is 24.0. The van der Waals surface area contributed by atoms with Crippen molar-refractivity contribution in [3.8, 4) is 12.1 Å². The van der Waals surface area contributed by atoms with E-state index in [1.807, 2.05) is 18.2 Å². The number of hydrogen-bond acceptors (Lipinski definition) is 9. The van der Waals surface area contributed by atoms with Crippen molar-refractivity contribution in [1.82, 2.24) is 19.8 Å². The van der Waals surface area contributed by atoms with Crippen LogP contribution in [0, 0.1) is 17.1 Å². The molecule has 7 rings (SSSR count). The Balaban J connectivity index is 1.23. The number of nitrogens with zero attached hydrogens (tertiary/aromatic N) is 7. The number of hydrogen-bond donors (Lipinski definition) is 0. The maximum atomic E-state index is 14.6. The third kappa shape index (κ3) is 5.82. The van der Waals surface area contributed by atoms with Crippen LogP contribution >= 0.6 is 11.6 Å². The Morgan fingerprint density at radius 3 is 2.81 bits per heavy atom. The van der Waals surface area contributed by atoms with Crippen molar-refractivity contribution in [3.05, 3.63) is 64.8 Å². The third-order valence-corrected chi connectivity index (χ3v) is 10.8. The van der Waals surface area contributed by atoms with Crippen LogP contribution in [0.25, 0.3) is 10.8 Å². The summed E-state index contributed by atoms with van der Waals surface area (Å²) in [7, 11) is 1.75. The van der Waals surface area contributed by atoms with E-state index in [0.29, 0.717) is 50.4 Å². The SMILES string of the molecule is C=C(F)C(=O)N1CCN(c2nc(OCC34CCCN3CC(OC)C4)nc3c2CCN(c2cccc4ccc(F)c(Cl)c24)C3)C[C@@H]1CC#N. The fourth-order valence-electron chi connectivity index (χ4n) is 8.05. The van der Waals surface area contributed by atoms with E-state index in [1.54, 1.807) is 13.2 Å². The zero-order valence-corrected chi connectivity index (χ0v) is 27.7. The summed E-state index contributed by atoms with van der Waals surface area (Å²) in [6.07, 6.45) is 3.74. The van der Waals surface area contributed by atoms with Crippen molar-refractivity contribution >= 4 is 39.8 Å². The summed E-state index contributed by atoms with van der Waals surface area (Å²) in [4.78, 5) is 30.6. The van der Waals surface area contributed by atoms with Crippen LogP contribution in [0.15, 0.2) is 42.7 Å². The summed E-state index contributed by atoms with van der Waals surface area (Å²) >= 11 is 6.52. The minimum absolute atomic E-state index is 0.0390. The maximum absolute atomic E-state index is 14.6. The number of halogens is 3. The summed E-state index contributed by atoms with van der Waals surface area (Å²) in [6.45, 7) is 7.39. The molecule has 0 bridgehead atoms. The minimum Gasteiger partial charge on any atom is -0.461 e. The van der Waals surface area contributed by atoms with E-state index in [0.717, 1.165) is 54.7 Å². The molecule has 0 aliphatic carbocycles. The molecule has 2 aromatic carbocycles. The van der Waals surface area contributed by atoms with E-state index in [9.17, 15) is 18.8 Å². The summed E-state index contributed by atoms with van der Waals surface area (Å²) < 4.78 is 40.7. The lowest BCUT2D eigenvalue weighted by atomic mass is 9.94. The molecule has 0 saturated carbocycles. The summed E-state index contributed by atoms with van der Waals surface area (Å²) in [5, 5.41) is 11.1. The molecule has 0 spiro atoms. The molecule has 48 heavy (non-hydrogen) atoms. The van der Waals surface area contributed by atoms with E-state index < -0.39 is 23.6 Å². The average Bonchev–Trinajstić information content (AvgIpc) is 3.65. The number of carbonyl (C=O) groups excluding carboxylic acids is 1. The first-order valence-corrected chi connectivity index (χ1v) is 16.8. The van der Waals surface area contributed by atoms with E-state index in [4.69, 9.17) is 31.0 Å². The van der Waals surface area contributed by atoms with Gasteiger partial charge in [0.25, 0.3) is 5.91 Å². The second-order valence-corrected chi connectivity index (χ2v) is 13.5. The average molecular weight is 678 g/mol. The number of fused-ring (bicyclic) bond motifs is 3. The number of ether oxygens (including phenoxy) is 2. The Bertz CT molecular complexity index is 1800. The number of rotatable bonds is 8. The number of piperazine rings is 1. The molecule has 1 amide bonds. The lowest BCUT2D eigenvalue weighted by molar-refractivity contribution is -0.131. The number of anilines is 2. The maximum Gasteiger partial charge on any atom is 0.318 e. The number of aromatic nitrogens is 2. The van der Waals surface area contributed by atoms with Gasteiger partial charge in [-0.15, -0.1) is 0 Å². The summed E-state index contributed by atoms with van der Waals surface area (Å²) in [6, 6.07) is 10.8. The minimum atomic E-state index is -1.04. The Labute approximate surface area is 283 Å². The van der Waals surface area contributed by atoms with Gasteiger partial charge in [0.2, 0.25) is 0 Å². The highest BCUT2D eigenvalue weighted by atomic mass is 35.5. The van der Waals surface area contributed by atoms with Crippen molar-refractivity contribution in [2.45, 2.75) is 56.3 Å². The molecular weight excluding hydrogens is 640 g/mol. The molecule has 5 heterocycles. The van der Waals surface area contributed by atoms with Crippen LogP contribution in [-0.4, -0.2) is 96.3 Å². The fraction of sp³-hybridized carbons (Fsp3) is 0.486. The van der Waals surface area contributed by atoms with Gasteiger partial charge in [0, 0.05) is 56.5 Å². The number of nitriles is 1. The van der Waals surface area contributed by atoms with Crippen molar-refractivity contribution < 1.29 is 23.0 Å². The molecule has 3 aromatic rings. The molecule has 13 heteroatoms. The van der Waals surface area contributed by atoms with Crippen LogP contribution in [0.4, 0.5) is 20.3 Å². The first-order valence-electron chi connectivity index (χ1n) is 16.4. The van der Waals surface area contributed by atoms with E-state index in [1.165, 1.54) is 11.0 Å². The second-order valence-electron chi connectivity index (χ2n) is 13.2. The molecule has 4 aliphatic heterocycles. The van der Waals surface area contributed by atoms with E-state index in [2.05, 4.69) is 27.3 Å². The quantitative estimate of drug-likeness (QED) is 0.304. The predicted octanol–water partition coefficient (Wildman–Crippen LogP) is 5.03. The van der Waals surface area contributed by atoms with Gasteiger partial charge in [-0.25, -0.2) is 8.78 Å². The molecule has 0 radical (unpaired) electrons. The Hall–Kier alpha value is -4.05. The summed E-state index contributed by atoms with van der Waals surface area (Å²) in [5.41, 5.74) is 2.40. The second kappa shape index (κ2) is 13.1. The van der Waals surface area contributed by atoms with Crippen LogP contribution in [0.5, 0.6) is 6.01 Å². The van der Waals surface area contributed by atoms with Crippen LogP contribution < -0.4 is 14.5 Å². The van der Waals surface area contributed by atoms with Crippen molar-refractivity contribution in [2.24, 2.45) is 0 Å². The zero-order chi connectivity index (χ0) is 33.6. The standard InChI is InChI=1S/C35H38ClF2N7O3/c1-22(37)33(46)45-16-15-43(18-24(45)9-12-39)32-26-10-14-42(29-6-3-5-23-7-8-27(38)31(36)30(23)29)20-28(26)40-34(41-32)48-21-35-11-4-13-44(35)19-25(17-35)47-2/h3,5-8,24-25H,1,4,9-11,13-21H2,2H3/t24-,25?,35?/m0/s1. The van der Waals surface area contributed by atoms with Gasteiger partial charge in [0.15, 0.2) is 5.83 Å². The van der Waals surface area contributed by atoms with E-state index >= 15 is 0 Å². The monoisotopic (exact) mass is 677 g/mol. The molecule has 3 saturated heterocycles. The van der Waals surface area contributed by atoms with Crippen molar-refractivity contribution in [1.29, 1.82) is 5.26 Å². The topological polar surface area (TPSA) is 98.1 Å². The Kier molecular flexibility index (Phi) is 8.87. The molecule has 10 nitrogen and oxygen atoms in total. The number of carbonyl (C=O) groups is 1. The number of benzene rings is 2. The lowest BCUT2D eigenvalue weighted by Crippen LogP contribution is -2.55. The zero-order valence-electron chi connectivity index (χ0n) is 26.9. The van der Waals surface area contributed by atoms with Gasteiger partial charge < -0.3 is 24.2 Å².